The lowest BCUT2D eigenvalue weighted by molar-refractivity contribution is 0.448. The smallest absolute Gasteiger partial charge is 0.0139 e. The van der Waals surface area contributed by atoms with Crippen LogP contribution in [-0.4, -0.2) is 0 Å². The zero-order valence-corrected chi connectivity index (χ0v) is 30.9. The van der Waals surface area contributed by atoms with E-state index in [4.69, 9.17) is 0 Å². The summed E-state index contributed by atoms with van der Waals surface area (Å²) in [6.07, 6.45) is 35.4. The van der Waals surface area contributed by atoms with Crippen molar-refractivity contribution in [3.05, 3.63) is 201 Å². The average Bonchev–Trinajstić information content (AvgIpc) is 3.75. The van der Waals surface area contributed by atoms with Gasteiger partial charge in [0.05, 0.1) is 0 Å². The molecular weight excluding hydrogens is 649 g/mol. The van der Waals surface area contributed by atoms with Crippen LogP contribution in [0.2, 0.25) is 0 Å². The molecule has 0 fully saturated rings. The van der Waals surface area contributed by atoms with Gasteiger partial charge in [-0.1, -0.05) is 140 Å². The van der Waals surface area contributed by atoms with Crippen molar-refractivity contribution >= 4 is 21.9 Å². The van der Waals surface area contributed by atoms with Crippen molar-refractivity contribution in [2.75, 3.05) is 0 Å². The van der Waals surface area contributed by atoms with Gasteiger partial charge in [-0.3, -0.25) is 0 Å². The quantitative estimate of drug-likeness (QED) is 0.176. The summed E-state index contributed by atoms with van der Waals surface area (Å²) in [5.41, 5.74) is 25.6. The normalized spacial score (nSPS) is 24.6. The third kappa shape index (κ3) is 4.62. The molecule has 0 aliphatic heterocycles. The maximum Gasteiger partial charge on any atom is 0.0139 e. The molecule has 0 nitrogen and oxygen atoms in total. The topological polar surface area (TPSA) is 0 Å². The molecule has 54 heavy (non-hydrogen) atoms. The number of rotatable bonds is 4. The fraction of sp³-hybridized carbons (Fsp3) is 0.222. The van der Waals surface area contributed by atoms with Crippen LogP contribution >= 0.6 is 0 Å². The summed E-state index contributed by atoms with van der Waals surface area (Å²) in [7, 11) is 0. The van der Waals surface area contributed by atoms with E-state index in [0.29, 0.717) is 17.8 Å². The summed E-state index contributed by atoms with van der Waals surface area (Å²) in [4.78, 5) is 0. The molecule has 4 aromatic carbocycles. The van der Waals surface area contributed by atoms with Gasteiger partial charge in [0.25, 0.3) is 0 Å². The van der Waals surface area contributed by atoms with Gasteiger partial charge >= 0.3 is 0 Å². The minimum Gasteiger partial charge on any atom is -0.0833 e. The van der Waals surface area contributed by atoms with E-state index >= 15 is 0 Å². The van der Waals surface area contributed by atoms with Crippen molar-refractivity contribution in [2.24, 2.45) is 11.8 Å². The van der Waals surface area contributed by atoms with Gasteiger partial charge in [0, 0.05) is 5.92 Å². The van der Waals surface area contributed by atoms with E-state index in [9.17, 15) is 0 Å². The Labute approximate surface area is 319 Å². The number of benzene rings is 4. The predicted octanol–water partition coefficient (Wildman–Crippen LogP) is 14.3. The molecule has 3 unspecified atom stereocenters. The molecule has 0 N–H and O–H groups in total. The van der Waals surface area contributed by atoms with Crippen molar-refractivity contribution < 1.29 is 0 Å². The summed E-state index contributed by atoms with van der Waals surface area (Å²) >= 11 is 0. The second kappa shape index (κ2) is 12.0. The minimum absolute atomic E-state index is 0.549. The van der Waals surface area contributed by atoms with Crippen LogP contribution in [0.5, 0.6) is 0 Å². The van der Waals surface area contributed by atoms with E-state index in [2.05, 4.69) is 140 Å². The van der Waals surface area contributed by atoms with Gasteiger partial charge in [0.15, 0.2) is 0 Å². The lowest BCUT2D eigenvalue weighted by atomic mass is 9.69. The maximum absolute atomic E-state index is 2.60. The molecule has 0 saturated heterocycles. The van der Waals surface area contributed by atoms with Crippen LogP contribution in [0.1, 0.15) is 80.4 Å². The van der Waals surface area contributed by atoms with Gasteiger partial charge < -0.3 is 0 Å². The van der Waals surface area contributed by atoms with Crippen LogP contribution in [0.4, 0.5) is 0 Å². The highest BCUT2D eigenvalue weighted by Crippen LogP contribution is 2.56. The summed E-state index contributed by atoms with van der Waals surface area (Å²) in [6, 6.07) is 29.7. The molecule has 260 valence electrons. The molecule has 0 heterocycles. The van der Waals surface area contributed by atoms with Crippen LogP contribution in [0.25, 0.3) is 44.2 Å². The van der Waals surface area contributed by atoms with E-state index in [1.54, 1.807) is 50.1 Å². The van der Waals surface area contributed by atoms with Crippen LogP contribution < -0.4 is 0 Å². The fourth-order valence-corrected chi connectivity index (χ4v) is 11.6. The van der Waals surface area contributed by atoms with Crippen molar-refractivity contribution in [1.29, 1.82) is 0 Å². The molecule has 0 spiro atoms. The largest absolute Gasteiger partial charge is 0.0833 e. The Morgan fingerprint density at radius 3 is 2.13 bits per heavy atom. The van der Waals surface area contributed by atoms with Crippen molar-refractivity contribution in [3.63, 3.8) is 0 Å². The van der Waals surface area contributed by atoms with E-state index in [0.717, 1.165) is 57.8 Å². The summed E-state index contributed by atoms with van der Waals surface area (Å²) in [5.74, 6) is 1.68. The summed E-state index contributed by atoms with van der Waals surface area (Å²) < 4.78 is 0. The third-order valence-corrected chi connectivity index (χ3v) is 14.1. The minimum atomic E-state index is 0.549. The molecule has 0 amide bonds. The molecule has 12 rings (SSSR count). The van der Waals surface area contributed by atoms with Gasteiger partial charge in [-0.25, -0.2) is 0 Å². The Hall–Kier alpha value is -5.46. The highest BCUT2D eigenvalue weighted by atomic mass is 14.4. The van der Waals surface area contributed by atoms with Crippen molar-refractivity contribution in [2.45, 2.75) is 63.7 Å². The Bertz CT molecular complexity index is 2650. The fourth-order valence-electron chi connectivity index (χ4n) is 11.6. The first-order valence-corrected chi connectivity index (χ1v) is 20.5. The third-order valence-electron chi connectivity index (χ3n) is 14.1. The number of fused-ring (bicyclic) bond motifs is 6. The standard InChI is InChI=1S/C54H44/c1-3-15-45-43(13-1)49-19-7-17-47-41(25-27-51(45)53(47)49)39-11-5-9-33(31-39)35-21-23-38-30-36(22-24-37(38)29-35)34-10-6-12-40(32-34)42-26-28-52-46-16-4-2-14-44(46)50-20-8-18-48(42)54(50)52/h1-5,7-9,11-18,20,26-30,32,39,41,49H,6,10,19,21-25,31H2. The van der Waals surface area contributed by atoms with Gasteiger partial charge in [0.2, 0.25) is 0 Å². The summed E-state index contributed by atoms with van der Waals surface area (Å²) in [5, 5.41) is 2.81. The van der Waals surface area contributed by atoms with Crippen LogP contribution in [-0.2, 0) is 0 Å². The number of hydrogen-bond donors (Lipinski definition) is 0. The predicted molar refractivity (Wildman–Crippen MR) is 227 cm³/mol. The van der Waals surface area contributed by atoms with Crippen molar-refractivity contribution in [3.8, 4) is 22.3 Å². The molecule has 3 atom stereocenters. The molecule has 0 aromatic heterocycles. The second-order valence-corrected chi connectivity index (χ2v) is 16.7. The second-order valence-electron chi connectivity index (χ2n) is 16.7. The Kier molecular flexibility index (Phi) is 6.89. The zero-order valence-electron chi connectivity index (χ0n) is 30.9. The SMILES string of the molecule is C1=CC(C2CC=C3C4=C2C=CCC4c2ccccc23)CC(C2=CC3=C(C=C(C4=CC(c5ccc6c7c(cccc57)-c5ccccc5-6)=CCC4)CC3)CC2)=C1. The van der Waals surface area contributed by atoms with Crippen molar-refractivity contribution in [1.82, 2.24) is 0 Å². The van der Waals surface area contributed by atoms with Gasteiger partial charge in [0.1, 0.15) is 0 Å². The molecule has 0 radical (unpaired) electrons. The van der Waals surface area contributed by atoms with E-state index < -0.39 is 0 Å². The highest BCUT2D eigenvalue weighted by molar-refractivity contribution is 6.17. The monoisotopic (exact) mass is 692 g/mol. The van der Waals surface area contributed by atoms with Gasteiger partial charge in [-0.2, -0.15) is 0 Å². The lowest BCUT2D eigenvalue weighted by Gasteiger charge is -2.35. The summed E-state index contributed by atoms with van der Waals surface area (Å²) in [6.45, 7) is 0. The molecule has 8 aliphatic rings. The van der Waals surface area contributed by atoms with E-state index in [1.165, 1.54) is 55.3 Å². The number of allylic oxidation sites excluding steroid dienone is 20. The molecular formula is C54H44. The zero-order chi connectivity index (χ0) is 35.3. The first kappa shape index (κ1) is 30.9. The molecule has 0 bridgehead atoms. The lowest BCUT2D eigenvalue weighted by Crippen LogP contribution is -2.22. The van der Waals surface area contributed by atoms with E-state index in [1.807, 2.05) is 0 Å². The average molecular weight is 693 g/mol. The molecule has 0 saturated carbocycles. The Morgan fingerprint density at radius 1 is 0.556 bits per heavy atom. The van der Waals surface area contributed by atoms with Gasteiger partial charge in [-0.05, 0) is 175 Å². The maximum atomic E-state index is 2.60. The van der Waals surface area contributed by atoms with Crippen LogP contribution in [0.15, 0.2) is 184 Å². The van der Waals surface area contributed by atoms with E-state index in [-0.39, 0.29) is 0 Å². The first-order chi connectivity index (χ1) is 26.8. The molecule has 4 aromatic rings. The number of hydrogen-bond acceptors (Lipinski definition) is 0. The van der Waals surface area contributed by atoms with Crippen LogP contribution in [0, 0.1) is 11.8 Å². The highest BCUT2D eigenvalue weighted by Gasteiger charge is 2.40. The molecule has 8 aliphatic carbocycles. The Balaban J connectivity index is 0.801. The molecule has 0 heteroatoms. The van der Waals surface area contributed by atoms with Gasteiger partial charge in [-0.15, -0.1) is 0 Å². The Morgan fingerprint density at radius 2 is 1.28 bits per heavy atom. The van der Waals surface area contributed by atoms with Crippen LogP contribution in [0.3, 0.4) is 0 Å². The first-order valence-electron chi connectivity index (χ1n) is 20.5.